The van der Waals surface area contributed by atoms with Crippen molar-refractivity contribution in [3.63, 3.8) is 0 Å². The molecule has 0 aliphatic rings. The van der Waals surface area contributed by atoms with Gasteiger partial charge in [-0.15, -0.1) is 0 Å². The van der Waals surface area contributed by atoms with E-state index in [4.69, 9.17) is 15.2 Å². The minimum atomic E-state index is 0.514. The van der Waals surface area contributed by atoms with Gasteiger partial charge >= 0.3 is 0 Å². The van der Waals surface area contributed by atoms with Crippen LogP contribution in [0.5, 0.6) is 11.5 Å². The molecule has 2 N–H and O–H groups in total. The summed E-state index contributed by atoms with van der Waals surface area (Å²) in [7, 11) is 1.65. The first-order valence-electron chi connectivity index (χ1n) is 6.97. The topological polar surface area (TPSA) is 47.7 Å². The number of nitrogens with zero attached hydrogens (tertiary/aromatic N) is 1. The van der Waals surface area contributed by atoms with E-state index < -0.39 is 0 Å². The van der Waals surface area contributed by atoms with E-state index in [0.717, 1.165) is 43.1 Å². The maximum absolute atomic E-state index is 5.80. The van der Waals surface area contributed by atoms with E-state index in [1.54, 1.807) is 7.11 Å². The van der Waals surface area contributed by atoms with Crippen LogP contribution in [0.25, 0.3) is 0 Å². The lowest BCUT2D eigenvalue weighted by Crippen LogP contribution is -2.25. The van der Waals surface area contributed by atoms with Gasteiger partial charge in [-0.2, -0.15) is 0 Å². The predicted octanol–water partition coefficient (Wildman–Crippen LogP) is 2.26. The van der Waals surface area contributed by atoms with E-state index in [1.165, 1.54) is 0 Å². The molecule has 0 fully saturated rings. The number of rotatable bonds is 9. The number of nitrogens with two attached hydrogens (primary N) is 1. The number of hydrogen-bond acceptors (Lipinski definition) is 4. The van der Waals surface area contributed by atoms with Gasteiger partial charge in [-0.25, -0.2) is 0 Å². The van der Waals surface area contributed by atoms with E-state index >= 15 is 0 Å². The van der Waals surface area contributed by atoms with Gasteiger partial charge in [0.15, 0.2) is 11.5 Å². The van der Waals surface area contributed by atoms with Crippen molar-refractivity contribution in [2.45, 2.75) is 26.8 Å². The highest BCUT2D eigenvalue weighted by molar-refractivity contribution is 5.42. The second-order valence-corrected chi connectivity index (χ2v) is 4.42. The summed E-state index contributed by atoms with van der Waals surface area (Å²) in [4.78, 5) is 2.39. The summed E-state index contributed by atoms with van der Waals surface area (Å²) in [6, 6.07) is 5.82. The van der Waals surface area contributed by atoms with Crippen LogP contribution >= 0.6 is 0 Å². The van der Waals surface area contributed by atoms with Crippen LogP contribution in [0.3, 0.4) is 0 Å². The Morgan fingerprint density at radius 1 is 1.16 bits per heavy atom. The van der Waals surface area contributed by atoms with Gasteiger partial charge in [-0.1, -0.05) is 19.9 Å². The molecule has 0 unspecified atom stereocenters. The van der Waals surface area contributed by atoms with Crippen molar-refractivity contribution in [1.29, 1.82) is 0 Å². The molecule has 0 aliphatic carbocycles. The third-order valence-corrected chi connectivity index (χ3v) is 3.23. The summed E-state index contributed by atoms with van der Waals surface area (Å²) in [6.45, 7) is 8.80. The molecule has 1 aromatic carbocycles. The maximum atomic E-state index is 5.80. The third kappa shape index (κ3) is 5.09. The highest BCUT2D eigenvalue weighted by atomic mass is 16.5. The van der Waals surface area contributed by atoms with Gasteiger partial charge in [0.1, 0.15) is 0 Å². The van der Waals surface area contributed by atoms with E-state index in [9.17, 15) is 0 Å². The zero-order chi connectivity index (χ0) is 14.1. The largest absolute Gasteiger partial charge is 0.493 e. The fraction of sp³-hybridized carbons (Fsp3) is 0.600. The average molecular weight is 266 g/mol. The Labute approximate surface area is 116 Å². The molecule has 0 bridgehead atoms. The fourth-order valence-corrected chi connectivity index (χ4v) is 1.97. The van der Waals surface area contributed by atoms with Crippen LogP contribution in [0.1, 0.15) is 25.8 Å². The van der Waals surface area contributed by atoms with Crippen molar-refractivity contribution < 1.29 is 9.47 Å². The molecule has 0 aliphatic heterocycles. The second-order valence-electron chi connectivity index (χ2n) is 4.42. The van der Waals surface area contributed by atoms with Crippen LogP contribution in [-0.2, 0) is 6.54 Å². The van der Waals surface area contributed by atoms with Crippen molar-refractivity contribution in [3.05, 3.63) is 23.8 Å². The molecule has 0 spiro atoms. The molecule has 0 heterocycles. The lowest BCUT2D eigenvalue weighted by Gasteiger charge is -2.18. The summed E-state index contributed by atoms with van der Waals surface area (Å²) >= 11 is 0. The van der Waals surface area contributed by atoms with Gasteiger partial charge < -0.3 is 20.1 Å². The van der Waals surface area contributed by atoms with Crippen molar-refractivity contribution in [1.82, 2.24) is 4.90 Å². The van der Waals surface area contributed by atoms with Crippen molar-refractivity contribution in [2.24, 2.45) is 5.73 Å². The zero-order valence-corrected chi connectivity index (χ0v) is 12.3. The predicted molar refractivity (Wildman–Crippen MR) is 78.8 cm³/mol. The summed E-state index contributed by atoms with van der Waals surface area (Å²) in [5, 5.41) is 0. The SMILES string of the molecule is CCN(CC)CCCOc1cc(CN)ccc1OC. The van der Waals surface area contributed by atoms with Crippen LogP contribution in [0.15, 0.2) is 18.2 Å². The van der Waals surface area contributed by atoms with E-state index in [1.807, 2.05) is 18.2 Å². The highest BCUT2D eigenvalue weighted by Crippen LogP contribution is 2.28. The van der Waals surface area contributed by atoms with Crippen LogP contribution in [0, 0.1) is 0 Å². The first kappa shape index (κ1) is 15.8. The Morgan fingerprint density at radius 2 is 1.89 bits per heavy atom. The number of ether oxygens (including phenoxy) is 2. The number of hydrogen-bond donors (Lipinski definition) is 1. The van der Waals surface area contributed by atoms with Gasteiger partial charge in [0.2, 0.25) is 0 Å². The smallest absolute Gasteiger partial charge is 0.161 e. The molecule has 19 heavy (non-hydrogen) atoms. The second kappa shape index (κ2) is 8.77. The first-order chi connectivity index (χ1) is 9.24. The molecule has 4 heteroatoms. The minimum Gasteiger partial charge on any atom is -0.493 e. The Balaban J connectivity index is 2.47. The Bertz CT molecular complexity index is 365. The van der Waals surface area contributed by atoms with Crippen molar-refractivity contribution in [3.8, 4) is 11.5 Å². The molecule has 0 amide bonds. The standard InChI is InChI=1S/C15H26N2O2/c1-4-17(5-2)9-6-10-19-15-11-13(12-16)7-8-14(15)18-3/h7-8,11H,4-6,9-10,12,16H2,1-3H3. The van der Waals surface area contributed by atoms with E-state index in [-0.39, 0.29) is 0 Å². The van der Waals surface area contributed by atoms with E-state index in [2.05, 4.69) is 18.7 Å². The summed E-state index contributed by atoms with van der Waals surface area (Å²) in [5.41, 5.74) is 6.69. The summed E-state index contributed by atoms with van der Waals surface area (Å²) in [6.07, 6.45) is 1.01. The quantitative estimate of drug-likeness (QED) is 0.697. The lowest BCUT2D eigenvalue weighted by atomic mass is 10.2. The molecule has 0 aromatic heterocycles. The monoisotopic (exact) mass is 266 g/mol. The molecule has 4 nitrogen and oxygen atoms in total. The molecule has 108 valence electrons. The van der Waals surface area contributed by atoms with Gasteiger partial charge in [0.25, 0.3) is 0 Å². The Morgan fingerprint density at radius 3 is 2.47 bits per heavy atom. The average Bonchev–Trinajstić information content (AvgIpc) is 2.47. The molecule has 0 saturated carbocycles. The maximum Gasteiger partial charge on any atom is 0.161 e. The van der Waals surface area contributed by atoms with Gasteiger partial charge in [-0.05, 0) is 37.2 Å². The zero-order valence-electron chi connectivity index (χ0n) is 12.3. The minimum absolute atomic E-state index is 0.514. The summed E-state index contributed by atoms with van der Waals surface area (Å²) in [5.74, 6) is 1.55. The molecule has 1 aromatic rings. The van der Waals surface area contributed by atoms with Crippen LogP contribution in [0.4, 0.5) is 0 Å². The first-order valence-corrected chi connectivity index (χ1v) is 6.97. The van der Waals surface area contributed by atoms with Crippen molar-refractivity contribution in [2.75, 3.05) is 33.4 Å². The molecule has 0 saturated heterocycles. The summed E-state index contributed by atoms with van der Waals surface area (Å²) < 4.78 is 11.1. The molecule has 1 rings (SSSR count). The normalized spacial score (nSPS) is 10.8. The highest BCUT2D eigenvalue weighted by Gasteiger charge is 2.05. The molecular weight excluding hydrogens is 240 g/mol. The molecular formula is C15H26N2O2. The van der Waals surface area contributed by atoms with E-state index in [0.29, 0.717) is 13.2 Å². The fourth-order valence-electron chi connectivity index (χ4n) is 1.97. The Hall–Kier alpha value is -1.26. The van der Waals surface area contributed by atoms with Crippen LogP contribution in [-0.4, -0.2) is 38.3 Å². The van der Waals surface area contributed by atoms with Crippen molar-refractivity contribution >= 4 is 0 Å². The molecule has 0 radical (unpaired) electrons. The lowest BCUT2D eigenvalue weighted by molar-refractivity contribution is 0.242. The van der Waals surface area contributed by atoms with Gasteiger partial charge in [0, 0.05) is 13.1 Å². The number of benzene rings is 1. The number of methoxy groups -OCH3 is 1. The van der Waals surface area contributed by atoms with Crippen LogP contribution < -0.4 is 15.2 Å². The molecule has 0 atom stereocenters. The van der Waals surface area contributed by atoms with Crippen LogP contribution in [0.2, 0.25) is 0 Å². The Kier molecular flexibility index (Phi) is 7.30. The third-order valence-electron chi connectivity index (χ3n) is 3.23. The van der Waals surface area contributed by atoms with Gasteiger partial charge in [0.05, 0.1) is 13.7 Å². The van der Waals surface area contributed by atoms with Gasteiger partial charge in [-0.3, -0.25) is 0 Å².